The summed E-state index contributed by atoms with van der Waals surface area (Å²) in [6.45, 7) is 29.7. The summed E-state index contributed by atoms with van der Waals surface area (Å²) < 4.78 is 42.2. The lowest BCUT2D eigenvalue weighted by Gasteiger charge is -2.16. The first-order valence-corrected chi connectivity index (χ1v) is 10.1. The van der Waals surface area contributed by atoms with Crippen molar-refractivity contribution in [3.8, 4) is 0 Å². The summed E-state index contributed by atoms with van der Waals surface area (Å²) in [4.78, 5) is 0. The average molecular weight is 417 g/mol. The molecule has 164 valence electrons. The first kappa shape index (κ1) is 27.5. The fraction of sp³-hybridized carbons (Fsp3) is 0.333. The summed E-state index contributed by atoms with van der Waals surface area (Å²) in [5.74, 6) is -2.00. The van der Waals surface area contributed by atoms with Gasteiger partial charge in [0.1, 0.15) is 5.83 Å². The fourth-order valence-electron chi connectivity index (χ4n) is 2.36. The number of hydrogen-bond acceptors (Lipinski definition) is 0. The molecule has 0 aliphatic heterocycles. The monoisotopic (exact) mass is 416 g/mol. The predicted octanol–water partition coefficient (Wildman–Crippen LogP) is 9.37. The summed E-state index contributed by atoms with van der Waals surface area (Å²) in [5, 5.41) is 0. The molecule has 2 unspecified atom stereocenters. The smallest absolute Gasteiger partial charge is 0.166 e. The number of allylic oxidation sites excluding steroid dienone is 12. The highest BCUT2D eigenvalue weighted by Crippen LogP contribution is 2.28. The molecule has 0 nitrogen and oxygen atoms in total. The van der Waals surface area contributed by atoms with Crippen LogP contribution >= 0.6 is 0 Å². The van der Waals surface area contributed by atoms with Gasteiger partial charge in [-0.2, -0.15) is 0 Å². The average Bonchev–Trinajstić information content (AvgIpc) is 2.72. The van der Waals surface area contributed by atoms with Crippen LogP contribution in [0.3, 0.4) is 0 Å². The van der Waals surface area contributed by atoms with Gasteiger partial charge in [-0.25, -0.2) is 13.2 Å². The fourth-order valence-corrected chi connectivity index (χ4v) is 2.36. The molecule has 0 N–H and O–H groups in total. The van der Waals surface area contributed by atoms with E-state index < -0.39 is 17.5 Å². The van der Waals surface area contributed by atoms with Crippen molar-refractivity contribution in [2.45, 2.75) is 47.0 Å². The van der Waals surface area contributed by atoms with Crippen molar-refractivity contribution in [2.75, 3.05) is 0 Å². The van der Waals surface area contributed by atoms with Crippen molar-refractivity contribution in [2.24, 2.45) is 11.8 Å². The Balaban J connectivity index is 5.08. The van der Waals surface area contributed by atoms with Crippen molar-refractivity contribution < 1.29 is 13.2 Å². The number of rotatable bonds is 13. The van der Waals surface area contributed by atoms with Crippen LogP contribution in [0.1, 0.15) is 47.0 Å². The number of halogens is 3. The maximum absolute atomic E-state index is 14.6. The van der Waals surface area contributed by atoms with E-state index in [1.807, 2.05) is 6.92 Å². The Kier molecular flexibility index (Phi) is 11.8. The quantitative estimate of drug-likeness (QED) is 0.262. The standard InChI is InChI=1S/C27H35F3/c1-11-18(4)12-13-20(6)23(9)25(28)16-22(8)19(5)14-15-21(7)24(10)27(30)26(29)17(2)3/h14-16,18,20H,2,5,7-13H2,1,3-4,6H3/b15-14-,25-16+,27-26-. The highest BCUT2D eigenvalue weighted by atomic mass is 19.2. The molecule has 0 fully saturated rings. The Morgan fingerprint density at radius 1 is 0.800 bits per heavy atom. The zero-order valence-electron chi connectivity index (χ0n) is 18.9. The van der Waals surface area contributed by atoms with Gasteiger partial charge in [0.25, 0.3) is 0 Å². The summed E-state index contributed by atoms with van der Waals surface area (Å²) in [6.07, 6.45) is 7.19. The zero-order valence-corrected chi connectivity index (χ0v) is 18.9. The van der Waals surface area contributed by atoms with Gasteiger partial charge in [-0.05, 0) is 59.1 Å². The van der Waals surface area contributed by atoms with Crippen molar-refractivity contribution in [3.05, 3.63) is 109 Å². The van der Waals surface area contributed by atoms with E-state index >= 15 is 0 Å². The molecule has 0 amide bonds. The largest absolute Gasteiger partial charge is 0.207 e. The second-order valence-electron chi connectivity index (χ2n) is 7.81. The summed E-state index contributed by atoms with van der Waals surface area (Å²) >= 11 is 0. The molecule has 0 radical (unpaired) electrons. The minimum atomic E-state index is -1.12. The molecular weight excluding hydrogens is 381 g/mol. The molecule has 0 aromatic carbocycles. The lowest BCUT2D eigenvalue weighted by atomic mass is 9.91. The van der Waals surface area contributed by atoms with Gasteiger partial charge in [0.15, 0.2) is 11.7 Å². The van der Waals surface area contributed by atoms with Crippen molar-refractivity contribution in [1.82, 2.24) is 0 Å². The lowest BCUT2D eigenvalue weighted by Crippen LogP contribution is -2.03. The zero-order chi connectivity index (χ0) is 23.6. The highest BCUT2D eigenvalue weighted by Gasteiger charge is 2.14. The van der Waals surface area contributed by atoms with E-state index in [9.17, 15) is 13.2 Å². The van der Waals surface area contributed by atoms with Crippen LogP contribution in [0.25, 0.3) is 0 Å². The normalized spacial score (nSPS) is 14.7. The maximum atomic E-state index is 14.6. The molecule has 3 heteroatoms. The van der Waals surface area contributed by atoms with Gasteiger partial charge < -0.3 is 0 Å². The minimum absolute atomic E-state index is 0.0212. The Labute approximate surface area is 181 Å². The Hall–Kier alpha value is -2.55. The second-order valence-corrected chi connectivity index (χ2v) is 7.81. The molecule has 0 aromatic rings. The van der Waals surface area contributed by atoms with Gasteiger partial charge in [-0.1, -0.05) is 85.2 Å². The van der Waals surface area contributed by atoms with Crippen LogP contribution in [0, 0.1) is 11.8 Å². The molecule has 0 saturated carbocycles. The maximum Gasteiger partial charge on any atom is 0.166 e. The first-order chi connectivity index (χ1) is 13.8. The number of hydrogen-bond donors (Lipinski definition) is 0. The van der Waals surface area contributed by atoms with Crippen LogP contribution in [-0.2, 0) is 0 Å². The molecule has 0 aromatic heterocycles. The highest BCUT2D eigenvalue weighted by molar-refractivity contribution is 5.53. The van der Waals surface area contributed by atoms with Crippen molar-refractivity contribution in [3.63, 3.8) is 0 Å². The SMILES string of the molecule is C=C(/C=C\C(=C)C(=C)/C(F)=C(/F)C(=C)C)C(=C)/C=C(/F)C(=C)C(C)CCC(C)CC. The van der Waals surface area contributed by atoms with E-state index in [0.29, 0.717) is 22.6 Å². The van der Waals surface area contributed by atoms with Crippen molar-refractivity contribution >= 4 is 0 Å². The summed E-state index contributed by atoms with van der Waals surface area (Å²) in [7, 11) is 0. The van der Waals surface area contributed by atoms with E-state index in [1.54, 1.807) is 0 Å². The molecule has 0 spiro atoms. The van der Waals surface area contributed by atoms with Crippen LogP contribution < -0.4 is 0 Å². The summed E-state index contributed by atoms with van der Waals surface area (Å²) in [5.41, 5.74) is 1.10. The first-order valence-electron chi connectivity index (χ1n) is 10.1. The lowest BCUT2D eigenvalue weighted by molar-refractivity contribution is 0.445. The predicted molar refractivity (Wildman–Crippen MR) is 126 cm³/mol. The minimum Gasteiger partial charge on any atom is -0.207 e. The van der Waals surface area contributed by atoms with Crippen LogP contribution in [0.4, 0.5) is 13.2 Å². The molecule has 0 saturated heterocycles. The van der Waals surface area contributed by atoms with Gasteiger partial charge in [0.2, 0.25) is 0 Å². The van der Waals surface area contributed by atoms with E-state index in [2.05, 4.69) is 53.3 Å². The molecular formula is C27H35F3. The Morgan fingerprint density at radius 2 is 1.33 bits per heavy atom. The molecule has 30 heavy (non-hydrogen) atoms. The molecule has 0 aliphatic carbocycles. The van der Waals surface area contributed by atoms with E-state index in [4.69, 9.17) is 0 Å². The van der Waals surface area contributed by atoms with E-state index in [0.717, 1.165) is 19.3 Å². The molecule has 2 atom stereocenters. The second kappa shape index (κ2) is 12.9. The third kappa shape index (κ3) is 8.86. The Bertz CT molecular complexity index is 815. The van der Waals surface area contributed by atoms with Gasteiger partial charge in [-0.3, -0.25) is 0 Å². The van der Waals surface area contributed by atoms with Gasteiger partial charge >= 0.3 is 0 Å². The van der Waals surface area contributed by atoms with Crippen LogP contribution in [0.2, 0.25) is 0 Å². The topological polar surface area (TPSA) is 0 Å². The van der Waals surface area contributed by atoms with Crippen LogP contribution in [0.5, 0.6) is 0 Å². The van der Waals surface area contributed by atoms with Gasteiger partial charge in [-0.15, -0.1) is 0 Å². The van der Waals surface area contributed by atoms with E-state index in [-0.39, 0.29) is 22.6 Å². The van der Waals surface area contributed by atoms with Gasteiger partial charge in [0.05, 0.1) is 0 Å². The summed E-state index contributed by atoms with van der Waals surface area (Å²) in [6, 6.07) is 0. The molecule has 0 aliphatic rings. The van der Waals surface area contributed by atoms with Gasteiger partial charge in [0, 0.05) is 5.57 Å². The third-order valence-electron chi connectivity index (χ3n) is 5.11. The Morgan fingerprint density at radius 3 is 1.83 bits per heavy atom. The molecule has 0 bridgehead atoms. The van der Waals surface area contributed by atoms with E-state index in [1.165, 1.54) is 25.2 Å². The van der Waals surface area contributed by atoms with Crippen LogP contribution in [0.15, 0.2) is 109 Å². The third-order valence-corrected chi connectivity index (χ3v) is 5.11. The molecule has 0 heterocycles. The van der Waals surface area contributed by atoms with Crippen LogP contribution in [-0.4, -0.2) is 0 Å². The molecule has 0 rings (SSSR count). The van der Waals surface area contributed by atoms with Crippen molar-refractivity contribution in [1.29, 1.82) is 0 Å².